The minimum absolute atomic E-state index is 0.137. The summed E-state index contributed by atoms with van der Waals surface area (Å²) < 4.78 is 37.9. The number of rotatable bonds is 10. The monoisotopic (exact) mass is 702 g/mol. The molecule has 3 N–H and O–H groups in total. The number of likely N-dealkylation sites (tertiary alicyclic amines) is 1. The zero-order chi connectivity index (χ0) is 36.5. The van der Waals surface area contributed by atoms with Gasteiger partial charge in [0.1, 0.15) is 33.3 Å². The van der Waals surface area contributed by atoms with Crippen LogP contribution in [0.25, 0.3) is 0 Å². The van der Waals surface area contributed by atoms with Crippen molar-refractivity contribution in [1.29, 1.82) is 5.26 Å². The third-order valence-corrected chi connectivity index (χ3v) is 10.9. The number of carbonyl (C=O) groups is 2. The van der Waals surface area contributed by atoms with Gasteiger partial charge in [-0.15, -0.1) is 4.72 Å². The second-order valence-electron chi connectivity index (χ2n) is 15.5. The molecule has 5 rings (SSSR count). The number of amides is 2. The van der Waals surface area contributed by atoms with E-state index in [0.29, 0.717) is 34.6 Å². The van der Waals surface area contributed by atoms with E-state index in [0.717, 1.165) is 19.3 Å². The second-order valence-corrected chi connectivity index (χ2v) is 17.4. The Labute approximate surface area is 297 Å². The van der Waals surface area contributed by atoms with Gasteiger partial charge in [0, 0.05) is 17.8 Å². The lowest BCUT2D eigenvalue weighted by Crippen LogP contribution is -2.52. The maximum Gasteiger partial charge on any atom is 0.411 e. The Bertz CT molecular complexity index is 1750. The molecule has 2 unspecified atom stereocenters. The fraction of sp³-hybridized carbons (Fsp3) is 0.462. The summed E-state index contributed by atoms with van der Waals surface area (Å²) in [4.78, 5) is 28.7. The number of aliphatic hydroxyl groups is 1. The van der Waals surface area contributed by atoms with Crippen LogP contribution in [0.3, 0.4) is 0 Å². The Kier molecular flexibility index (Phi) is 10.7. The van der Waals surface area contributed by atoms with E-state index < -0.39 is 56.7 Å². The molecule has 4 atom stereocenters. The Morgan fingerprint density at radius 1 is 1.04 bits per heavy atom. The molecule has 1 aliphatic carbocycles. The molecule has 0 aromatic heterocycles. The number of halogens is 1. The van der Waals surface area contributed by atoms with Crippen molar-refractivity contribution < 1.29 is 28.4 Å². The van der Waals surface area contributed by atoms with Gasteiger partial charge in [0.2, 0.25) is 5.91 Å². The Morgan fingerprint density at radius 3 is 2.34 bits per heavy atom. The summed E-state index contributed by atoms with van der Waals surface area (Å²) in [5.41, 5.74) is -1.45. The summed E-state index contributed by atoms with van der Waals surface area (Å²) in [6, 6.07) is 21.3. The highest BCUT2D eigenvalue weighted by molar-refractivity contribution is 7.90. The van der Waals surface area contributed by atoms with Crippen LogP contribution in [0.5, 0.6) is 0 Å². The predicted octanol–water partition coefficient (Wildman–Crippen LogP) is 7.02. The van der Waals surface area contributed by atoms with Crippen LogP contribution < -0.4 is 10.0 Å². The summed E-state index contributed by atoms with van der Waals surface area (Å²) in [6.45, 7) is 10.5. The van der Waals surface area contributed by atoms with Crippen LogP contribution in [-0.4, -0.2) is 49.5 Å². The van der Waals surface area contributed by atoms with Gasteiger partial charge in [0.25, 0.3) is 0 Å². The van der Waals surface area contributed by atoms with Crippen LogP contribution in [0, 0.1) is 23.1 Å². The Morgan fingerprint density at radius 2 is 1.72 bits per heavy atom. The zero-order valence-corrected chi connectivity index (χ0v) is 30.4. The second kappa shape index (κ2) is 14.3. The molecular formula is C39H47FN4O5S. The third kappa shape index (κ3) is 8.49. The topological polar surface area (TPSA) is 138 Å². The average molecular weight is 703 g/mol. The summed E-state index contributed by atoms with van der Waals surface area (Å²) in [5, 5.41) is 24.2. The summed E-state index contributed by atoms with van der Waals surface area (Å²) in [6.07, 6.45) is 2.58. The summed E-state index contributed by atoms with van der Waals surface area (Å²) >= 11 is -1.58. The number of benzene rings is 3. The number of β-amino-alcohol motifs (C(OH)–C–C–N with tert-alkyl or cyclic N) is 1. The molecule has 2 fully saturated rings. The lowest BCUT2D eigenvalue weighted by atomic mass is 9.79. The molecule has 50 heavy (non-hydrogen) atoms. The van der Waals surface area contributed by atoms with Crippen LogP contribution in [0.1, 0.15) is 95.9 Å². The smallest absolute Gasteiger partial charge is 0.411 e. The fourth-order valence-corrected chi connectivity index (χ4v) is 7.27. The highest BCUT2D eigenvalue weighted by Crippen LogP contribution is 2.44. The molecule has 1 saturated carbocycles. The van der Waals surface area contributed by atoms with E-state index in [1.54, 1.807) is 75.4 Å². The first-order chi connectivity index (χ1) is 23.4. The van der Waals surface area contributed by atoms with E-state index in [4.69, 9.17) is 4.74 Å². The molecule has 0 bridgehead atoms. The van der Waals surface area contributed by atoms with Gasteiger partial charge >= 0.3 is 6.09 Å². The van der Waals surface area contributed by atoms with Gasteiger partial charge in [-0.05, 0) is 101 Å². The van der Waals surface area contributed by atoms with Crippen LogP contribution in [0.4, 0.5) is 14.9 Å². The molecule has 1 saturated heterocycles. The van der Waals surface area contributed by atoms with Gasteiger partial charge in [0.15, 0.2) is 0 Å². The number of hydrogen-bond acceptors (Lipinski definition) is 7. The van der Waals surface area contributed by atoms with Gasteiger partial charge in [-0.25, -0.2) is 9.18 Å². The number of nitrogens with one attached hydrogen (secondary N) is 2. The van der Waals surface area contributed by atoms with Crippen molar-refractivity contribution in [2.75, 3.05) is 11.9 Å². The molecule has 1 aliphatic heterocycles. The molecular weight excluding hydrogens is 656 g/mol. The van der Waals surface area contributed by atoms with Gasteiger partial charge in [-0.1, -0.05) is 61.4 Å². The van der Waals surface area contributed by atoms with Gasteiger partial charge in [0.05, 0.1) is 23.9 Å². The van der Waals surface area contributed by atoms with Crippen molar-refractivity contribution in [1.82, 2.24) is 9.62 Å². The first-order valence-electron chi connectivity index (χ1n) is 17.0. The molecule has 2 amide bonds. The highest BCUT2D eigenvalue weighted by Gasteiger charge is 2.50. The van der Waals surface area contributed by atoms with E-state index in [9.17, 15) is 24.5 Å². The molecule has 266 valence electrons. The zero-order valence-electron chi connectivity index (χ0n) is 29.6. The number of ether oxygens (including phenoxy) is 1. The predicted molar refractivity (Wildman–Crippen MR) is 192 cm³/mol. The Balaban J connectivity index is 1.55. The van der Waals surface area contributed by atoms with Crippen molar-refractivity contribution in [3.05, 3.63) is 101 Å². The van der Waals surface area contributed by atoms with Crippen LogP contribution >= 0.6 is 0 Å². The molecule has 3 aromatic rings. The van der Waals surface area contributed by atoms with Crippen molar-refractivity contribution in [2.45, 2.75) is 101 Å². The number of nitrogens with zero attached hydrogens (tertiary/aromatic N) is 2. The minimum Gasteiger partial charge on any atom is -0.598 e. The first kappa shape index (κ1) is 37.3. The van der Waals surface area contributed by atoms with E-state index >= 15 is 4.39 Å². The van der Waals surface area contributed by atoms with Gasteiger partial charge < -0.3 is 19.7 Å². The van der Waals surface area contributed by atoms with Crippen LogP contribution in [0.2, 0.25) is 0 Å². The van der Waals surface area contributed by atoms with Gasteiger partial charge in [-0.2, -0.15) is 5.26 Å². The lowest BCUT2D eigenvalue weighted by molar-refractivity contribution is -0.120. The number of nitriles is 1. The number of anilines is 1. The molecule has 2 aliphatic rings. The van der Waals surface area contributed by atoms with Crippen molar-refractivity contribution in [3.8, 4) is 6.07 Å². The summed E-state index contributed by atoms with van der Waals surface area (Å²) in [7, 11) is 0. The number of hydrogen-bond donors (Lipinski definition) is 3. The van der Waals surface area contributed by atoms with Gasteiger partial charge in [-0.3, -0.25) is 9.69 Å². The average Bonchev–Trinajstić information content (AvgIpc) is 3.82. The minimum atomic E-state index is -1.58. The maximum absolute atomic E-state index is 15.7. The lowest BCUT2D eigenvalue weighted by Gasteiger charge is -2.39. The van der Waals surface area contributed by atoms with E-state index in [2.05, 4.69) is 16.1 Å². The highest BCUT2D eigenvalue weighted by atomic mass is 32.2. The van der Waals surface area contributed by atoms with E-state index in [1.165, 1.54) is 17.0 Å². The molecule has 0 radical (unpaired) electrons. The maximum atomic E-state index is 15.7. The van der Waals surface area contributed by atoms with E-state index in [-0.39, 0.29) is 18.7 Å². The first-order valence-corrected chi connectivity index (χ1v) is 18.2. The van der Waals surface area contributed by atoms with Crippen LogP contribution in [-0.2, 0) is 32.0 Å². The molecule has 9 nitrogen and oxygen atoms in total. The molecule has 11 heteroatoms. The van der Waals surface area contributed by atoms with Crippen LogP contribution in [0.15, 0.2) is 72.8 Å². The SMILES string of the molecule is CC(C)(C)OC(=O)N1C[C@@](O)(c2ccccc2)C[C@@H]1C(=O)Nc1cc(C(CCC2CC2)(N[S+]([O-])C(C)(C)C)c2cccc(C#N)c2)ccc1F. The van der Waals surface area contributed by atoms with E-state index in [1.807, 2.05) is 26.8 Å². The molecule has 1 heterocycles. The van der Waals surface area contributed by atoms with Crippen molar-refractivity contribution in [3.63, 3.8) is 0 Å². The molecule has 3 aromatic carbocycles. The fourth-order valence-electron chi connectivity index (χ4n) is 6.31. The third-order valence-electron chi connectivity index (χ3n) is 9.23. The van der Waals surface area contributed by atoms with Crippen molar-refractivity contribution in [2.24, 2.45) is 5.92 Å². The Hall–Kier alpha value is -3.95. The quantitative estimate of drug-likeness (QED) is 0.193. The largest absolute Gasteiger partial charge is 0.598 e. The van der Waals surface area contributed by atoms with Crippen molar-refractivity contribution >= 4 is 29.0 Å². The number of carbonyl (C=O) groups excluding carboxylic acids is 2. The standard InChI is InChI=1S/C39H47FN4O5S/c1-36(2,3)49-35(46)44-25-38(47,28-12-8-7-9-13-28)23-33(44)34(45)42-32-22-30(17-18-31(32)40)39(20-19-26-15-16-26,43-50(48)37(4,5)6)29-14-10-11-27(21-29)24-41/h7-14,17-18,21-22,26,33,43,47H,15-16,19-20,23,25H2,1-6H3,(H,42,45)/t33-,38-,39?,50?/m1/s1. The molecule has 0 spiro atoms. The summed E-state index contributed by atoms with van der Waals surface area (Å²) in [5.74, 6) is -0.899. The normalized spacial score (nSPS) is 21.2.